The van der Waals surface area contributed by atoms with Crippen LogP contribution in [0.5, 0.6) is 0 Å². The highest BCUT2D eigenvalue weighted by molar-refractivity contribution is 5.47. The van der Waals surface area contributed by atoms with Gasteiger partial charge in [-0.05, 0) is 19.4 Å². The Balaban J connectivity index is 2.91. The maximum absolute atomic E-state index is 9.72. The van der Waals surface area contributed by atoms with Gasteiger partial charge in [0, 0.05) is 24.8 Å². The van der Waals surface area contributed by atoms with E-state index in [1.165, 1.54) is 0 Å². The summed E-state index contributed by atoms with van der Waals surface area (Å²) in [6.07, 6.45) is 3.33. The number of anilines is 1. The Morgan fingerprint density at radius 2 is 2.18 bits per heavy atom. The van der Waals surface area contributed by atoms with Gasteiger partial charge in [0.1, 0.15) is 5.82 Å². The molecule has 0 radical (unpaired) electrons. The van der Waals surface area contributed by atoms with Crippen molar-refractivity contribution in [3.05, 3.63) is 23.9 Å². The second-order valence-electron chi connectivity index (χ2n) is 4.16. The molecule has 4 heteroatoms. The number of hydrogen-bond donors (Lipinski definition) is 2. The summed E-state index contributed by atoms with van der Waals surface area (Å²) in [5.74, 6) is 0.782. The molecule has 1 aromatic rings. The second-order valence-corrected chi connectivity index (χ2v) is 4.16. The number of rotatable bonds is 7. The van der Waals surface area contributed by atoms with Crippen LogP contribution in [0.4, 0.5) is 5.82 Å². The molecule has 1 atom stereocenters. The molecule has 0 amide bonds. The lowest BCUT2D eigenvalue weighted by Gasteiger charge is -2.25. The van der Waals surface area contributed by atoms with E-state index >= 15 is 0 Å². The fourth-order valence-corrected chi connectivity index (χ4v) is 1.79. The Morgan fingerprint density at radius 1 is 1.41 bits per heavy atom. The molecule has 0 aliphatic heterocycles. The second kappa shape index (κ2) is 7.25. The van der Waals surface area contributed by atoms with Gasteiger partial charge in [-0.2, -0.15) is 0 Å². The van der Waals surface area contributed by atoms with E-state index in [2.05, 4.69) is 11.9 Å². The molecule has 0 aliphatic carbocycles. The highest BCUT2D eigenvalue weighted by atomic mass is 16.3. The summed E-state index contributed by atoms with van der Waals surface area (Å²) in [7, 11) is 0. The van der Waals surface area contributed by atoms with Crippen molar-refractivity contribution in [2.75, 3.05) is 24.6 Å². The van der Waals surface area contributed by atoms with E-state index in [9.17, 15) is 5.11 Å². The van der Waals surface area contributed by atoms with Gasteiger partial charge in [0.2, 0.25) is 0 Å². The molecule has 0 saturated heterocycles. The molecule has 17 heavy (non-hydrogen) atoms. The molecule has 0 aromatic carbocycles. The summed E-state index contributed by atoms with van der Waals surface area (Å²) in [5.41, 5.74) is 0.817. The number of pyridine rings is 1. The van der Waals surface area contributed by atoms with Crippen LogP contribution in [-0.4, -0.2) is 34.9 Å². The van der Waals surface area contributed by atoms with Crippen molar-refractivity contribution in [2.24, 2.45) is 0 Å². The third-order valence-electron chi connectivity index (χ3n) is 2.72. The van der Waals surface area contributed by atoms with Crippen LogP contribution >= 0.6 is 0 Å². The SMILES string of the molecule is CCCCN(CCO)c1ncccc1C(C)O. The van der Waals surface area contributed by atoms with Crippen molar-refractivity contribution in [1.29, 1.82) is 0 Å². The summed E-state index contributed by atoms with van der Waals surface area (Å²) < 4.78 is 0. The van der Waals surface area contributed by atoms with Crippen LogP contribution in [-0.2, 0) is 0 Å². The Kier molecular flexibility index (Phi) is 5.94. The van der Waals surface area contributed by atoms with E-state index in [0.29, 0.717) is 6.54 Å². The minimum atomic E-state index is -0.540. The van der Waals surface area contributed by atoms with Crippen molar-refractivity contribution < 1.29 is 10.2 Å². The Bertz CT molecular complexity index is 329. The van der Waals surface area contributed by atoms with Crippen molar-refractivity contribution in [3.8, 4) is 0 Å². The Hall–Kier alpha value is -1.13. The van der Waals surface area contributed by atoms with E-state index in [1.807, 2.05) is 17.0 Å². The molecular weight excluding hydrogens is 216 g/mol. The number of aromatic nitrogens is 1. The lowest BCUT2D eigenvalue weighted by molar-refractivity contribution is 0.199. The first-order valence-corrected chi connectivity index (χ1v) is 6.19. The van der Waals surface area contributed by atoms with E-state index in [-0.39, 0.29) is 6.61 Å². The van der Waals surface area contributed by atoms with Crippen LogP contribution in [0.3, 0.4) is 0 Å². The fraction of sp³-hybridized carbons (Fsp3) is 0.615. The van der Waals surface area contributed by atoms with Crippen molar-refractivity contribution in [2.45, 2.75) is 32.8 Å². The minimum absolute atomic E-state index is 0.0968. The average molecular weight is 238 g/mol. The summed E-state index contributed by atoms with van der Waals surface area (Å²) in [6, 6.07) is 3.70. The number of nitrogens with zero attached hydrogens (tertiary/aromatic N) is 2. The van der Waals surface area contributed by atoms with Gasteiger partial charge in [-0.25, -0.2) is 4.98 Å². The molecule has 1 heterocycles. The van der Waals surface area contributed by atoms with E-state index in [0.717, 1.165) is 30.8 Å². The maximum Gasteiger partial charge on any atom is 0.134 e. The monoisotopic (exact) mass is 238 g/mol. The van der Waals surface area contributed by atoms with E-state index in [1.54, 1.807) is 13.1 Å². The molecule has 0 saturated carbocycles. The molecule has 96 valence electrons. The highest BCUT2D eigenvalue weighted by Gasteiger charge is 2.14. The van der Waals surface area contributed by atoms with Crippen molar-refractivity contribution in [3.63, 3.8) is 0 Å². The number of hydrogen-bond acceptors (Lipinski definition) is 4. The van der Waals surface area contributed by atoms with E-state index in [4.69, 9.17) is 5.11 Å². The van der Waals surface area contributed by atoms with Gasteiger partial charge >= 0.3 is 0 Å². The lowest BCUT2D eigenvalue weighted by atomic mass is 10.1. The molecule has 1 aromatic heterocycles. The molecular formula is C13H22N2O2. The number of aliphatic hydroxyl groups is 2. The minimum Gasteiger partial charge on any atom is -0.395 e. The molecule has 4 nitrogen and oxygen atoms in total. The molecule has 0 spiro atoms. The average Bonchev–Trinajstić information content (AvgIpc) is 2.34. The largest absolute Gasteiger partial charge is 0.395 e. The van der Waals surface area contributed by atoms with Crippen molar-refractivity contribution in [1.82, 2.24) is 4.98 Å². The van der Waals surface area contributed by atoms with Gasteiger partial charge in [-0.3, -0.25) is 0 Å². The van der Waals surface area contributed by atoms with Gasteiger partial charge < -0.3 is 15.1 Å². The zero-order valence-electron chi connectivity index (χ0n) is 10.6. The Labute approximate surface area is 103 Å². The molecule has 2 N–H and O–H groups in total. The quantitative estimate of drug-likeness (QED) is 0.759. The Morgan fingerprint density at radius 3 is 2.76 bits per heavy atom. The molecule has 0 fully saturated rings. The van der Waals surface area contributed by atoms with Gasteiger partial charge in [-0.1, -0.05) is 19.4 Å². The van der Waals surface area contributed by atoms with Gasteiger partial charge in [0.05, 0.1) is 12.7 Å². The normalized spacial score (nSPS) is 12.5. The molecule has 1 rings (SSSR count). The number of unbranched alkanes of at least 4 members (excludes halogenated alkanes) is 1. The van der Waals surface area contributed by atoms with Crippen molar-refractivity contribution >= 4 is 5.82 Å². The summed E-state index contributed by atoms with van der Waals surface area (Å²) in [5, 5.41) is 18.8. The topological polar surface area (TPSA) is 56.6 Å². The predicted octanol–water partition coefficient (Wildman–Crippen LogP) is 1.73. The fourth-order valence-electron chi connectivity index (χ4n) is 1.79. The highest BCUT2D eigenvalue weighted by Crippen LogP contribution is 2.23. The summed E-state index contributed by atoms with van der Waals surface area (Å²) in [4.78, 5) is 6.36. The van der Waals surface area contributed by atoms with Crippen LogP contribution < -0.4 is 4.90 Å². The zero-order valence-corrected chi connectivity index (χ0v) is 10.6. The number of aliphatic hydroxyl groups excluding tert-OH is 2. The smallest absolute Gasteiger partial charge is 0.134 e. The zero-order chi connectivity index (χ0) is 12.7. The third-order valence-corrected chi connectivity index (χ3v) is 2.72. The van der Waals surface area contributed by atoms with Crippen LogP contribution in [0.2, 0.25) is 0 Å². The first-order chi connectivity index (χ1) is 8.20. The lowest BCUT2D eigenvalue weighted by Crippen LogP contribution is -2.29. The molecule has 0 bridgehead atoms. The van der Waals surface area contributed by atoms with Gasteiger partial charge in [0.25, 0.3) is 0 Å². The first-order valence-electron chi connectivity index (χ1n) is 6.19. The standard InChI is InChI=1S/C13H22N2O2/c1-3-4-8-15(9-10-16)13-12(11(2)17)6-5-7-14-13/h5-7,11,16-17H,3-4,8-10H2,1-2H3. The van der Waals surface area contributed by atoms with Crippen LogP contribution in [0.1, 0.15) is 38.4 Å². The first kappa shape index (κ1) is 13.9. The molecule has 0 aliphatic rings. The molecule has 1 unspecified atom stereocenters. The van der Waals surface area contributed by atoms with Gasteiger partial charge in [0.15, 0.2) is 0 Å². The summed E-state index contributed by atoms with van der Waals surface area (Å²) in [6.45, 7) is 5.37. The summed E-state index contributed by atoms with van der Waals surface area (Å²) >= 11 is 0. The van der Waals surface area contributed by atoms with Gasteiger partial charge in [-0.15, -0.1) is 0 Å². The van der Waals surface area contributed by atoms with Crippen LogP contribution in [0.25, 0.3) is 0 Å². The predicted molar refractivity (Wildman–Crippen MR) is 69.1 cm³/mol. The van der Waals surface area contributed by atoms with E-state index < -0.39 is 6.10 Å². The third kappa shape index (κ3) is 3.98. The van der Waals surface area contributed by atoms with Crippen LogP contribution in [0.15, 0.2) is 18.3 Å². The maximum atomic E-state index is 9.72. The van der Waals surface area contributed by atoms with Crippen LogP contribution in [0, 0.1) is 0 Å².